The van der Waals surface area contributed by atoms with Gasteiger partial charge < -0.3 is 15.3 Å². The second-order valence-corrected chi connectivity index (χ2v) is 9.81. The molecule has 7 nitrogen and oxygen atoms in total. The summed E-state index contributed by atoms with van der Waals surface area (Å²) in [5.41, 5.74) is -1.49. The van der Waals surface area contributed by atoms with Crippen molar-refractivity contribution in [1.82, 2.24) is 9.38 Å². The summed E-state index contributed by atoms with van der Waals surface area (Å²) in [4.78, 5) is 30.8. The lowest BCUT2D eigenvalue weighted by molar-refractivity contribution is -0.143. The van der Waals surface area contributed by atoms with E-state index in [2.05, 4.69) is 24.1 Å². The van der Waals surface area contributed by atoms with E-state index in [0.29, 0.717) is 18.9 Å². The molecule has 1 aliphatic heterocycles. The highest BCUT2D eigenvalue weighted by molar-refractivity contribution is 6.31. The summed E-state index contributed by atoms with van der Waals surface area (Å²) in [6.07, 6.45) is -1.76. The number of anilines is 2. The Morgan fingerprint density at radius 2 is 1.89 bits per heavy atom. The molecule has 1 atom stereocenters. The Morgan fingerprint density at radius 1 is 1.20 bits per heavy atom. The normalized spacial score (nSPS) is 16.8. The Kier molecular flexibility index (Phi) is 6.44. The Balaban J connectivity index is 1.82. The highest BCUT2D eigenvalue weighted by Gasteiger charge is 2.43. The zero-order valence-corrected chi connectivity index (χ0v) is 19.8. The molecule has 0 unspecified atom stereocenters. The highest BCUT2D eigenvalue weighted by Crippen LogP contribution is 2.38. The van der Waals surface area contributed by atoms with Crippen LogP contribution in [0.4, 0.5) is 24.7 Å². The number of hydrogen-bond donors (Lipinski definition) is 2. The van der Waals surface area contributed by atoms with Crippen LogP contribution in [0.3, 0.4) is 0 Å². The average molecular weight is 509 g/mol. The number of nitrogens with one attached hydrogen (secondary N) is 1. The fourth-order valence-corrected chi connectivity index (χ4v) is 4.35. The number of carbonyl (C=O) groups is 1. The number of hydrogen-bond acceptors (Lipinski definition) is 5. The van der Waals surface area contributed by atoms with Gasteiger partial charge in [-0.3, -0.25) is 9.20 Å². The molecule has 2 aromatic heterocycles. The van der Waals surface area contributed by atoms with E-state index in [1.54, 1.807) is 0 Å². The van der Waals surface area contributed by atoms with Crippen LogP contribution >= 0.6 is 11.6 Å². The van der Waals surface area contributed by atoms with Crippen molar-refractivity contribution < 1.29 is 23.1 Å². The van der Waals surface area contributed by atoms with E-state index >= 15 is 0 Å². The van der Waals surface area contributed by atoms with E-state index < -0.39 is 29.3 Å². The first-order valence-corrected chi connectivity index (χ1v) is 11.4. The lowest BCUT2D eigenvalue weighted by atomic mass is 9.83. The maximum atomic E-state index is 14.3. The average Bonchev–Trinajstić information content (AvgIpc) is 2.77. The van der Waals surface area contributed by atoms with Crippen molar-refractivity contribution in [2.45, 2.75) is 38.9 Å². The van der Waals surface area contributed by atoms with Crippen LogP contribution in [0, 0.1) is 5.41 Å². The third-order valence-electron chi connectivity index (χ3n) is 6.30. The second-order valence-electron chi connectivity index (χ2n) is 9.37. The number of fused-ring (bicyclic) bond motifs is 1. The van der Waals surface area contributed by atoms with Gasteiger partial charge in [0.25, 0.3) is 5.56 Å². The number of piperidine rings is 1. The molecule has 3 aromatic rings. The number of carboxylic acid groups (broad SMARTS) is 1. The standard InChI is InChI=1S/C24H24ClF3N4O3/c1-23(2)7-10-31(11-8-23)18-13-19(33)32-9-3-4-15(21(32)30-18)20(24(26,27)28)29-17-6-5-14(25)12-16(17)22(34)35/h3-6,9,12-13,20,29H,7-8,10-11H2,1-2H3,(H,34,35)/t20-/m0/s1. The third-order valence-corrected chi connectivity index (χ3v) is 6.53. The van der Waals surface area contributed by atoms with Gasteiger partial charge in [0.1, 0.15) is 11.5 Å². The molecule has 35 heavy (non-hydrogen) atoms. The van der Waals surface area contributed by atoms with Crippen molar-refractivity contribution in [3.05, 3.63) is 69.1 Å². The molecule has 0 aliphatic carbocycles. The van der Waals surface area contributed by atoms with Gasteiger partial charge in [-0.1, -0.05) is 31.5 Å². The number of nitrogens with zero attached hydrogens (tertiary/aromatic N) is 3. The minimum absolute atomic E-state index is 0.0734. The minimum atomic E-state index is -4.83. The van der Waals surface area contributed by atoms with E-state index in [1.807, 2.05) is 4.90 Å². The molecule has 1 saturated heterocycles. The smallest absolute Gasteiger partial charge is 0.412 e. The van der Waals surface area contributed by atoms with Gasteiger partial charge in [-0.25, -0.2) is 9.78 Å². The molecule has 0 saturated carbocycles. The summed E-state index contributed by atoms with van der Waals surface area (Å²) >= 11 is 5.84. The van der Waals surface area contributed by atoms with Crippen LogP contribution in [0.2, 0.25) is 5.02 Å². The van der Waals surface area contributed by atoms with Crippen LogP contribution in [0.5, 0.6) is 0 Å². The molecule has 2 N–H and O–H groups in total. The molecule has 0 radical (unpaired) electrons. The van der Waals surface area contributed by atoms with Gasteiger partial charge >= 0.3 is 12.1 Å². The van der Waals surface area contributed by atoms with Crippen LogP contribution in [-0.4, -0.2) is 39.7 Å². The molecule has 4 rings (SSSR count). The molecule has 1 fully saturated rings. The highest BCUT2D eigenvalue weighted by atomic mass is 35.5. The molecule has 3 heterocycles. The van der Waals surface area contributed by atoms with Crippen LogP contribution in [0.25, 0.3) is 5.65 Å². The summed E-state index contributed by atoms with van der Waals surface area (Å²) < 4.78 is 44.0. The number of alkyl halides is 3. The summed E-state index contributed by atoms with van der Waals surface area (Å²) in [5, 5.41) is 11.8. The van der Waals surface area contributed by atoms with E-state index in [4.69, 9.17) is 11.6 Å². The summed E-state index contributed by atoms with van der Waals surface area (Å²) in [6.45, 7) is 5.55. The molecule has 1 aliphatic rings. The molecule has 186 valence electrons. The number of halogens is 4. The summed E-state index contributed by atoms with van der Waals surface area (Å²) in [7, 11) is 0. The van der Waals surface area contributed by atoms with Gasteiger partial charge in [-0.05, 0) is 42.5 Å². The first-order chi connectivity index (χ1) is 16.4. The largest absolute Gasteiger partial charge is 0.478 e. The van der Waals surface area contributed by atoms with E-state index in [9.17, 15) is 27.9 Å². The van der Waals surface area contributed by atoms with E-state index in [1.165, 1.54) is 36.5 Å². The van der Waals surface area contributed by atoms with Crippen LogP contribution < -0.4 is 15.8 Å². The molecule has 0 amide bonds. The Labute approximate surface area is 204 Å². The van der Waals surface area contributed by atoms with Gasteiger partial charge in [0.2, 0.25) is 0 Å². The fourth-order valence-electron chi connectivity index (χ4n) is 4.17. The van der Waals surface area contributed by atoms with Crippen molar-refractivity contribution in [2.75, 3.05) is 23.3 Å². The van der Waals surface area contributed by atoms with Crippen molar-refractivity contribution in [3.63, 3.8) is 0 Å². The van der Waals surface area contributed by atoms with Crippen molar-refractivity contribution in [1.29, 1.82) is 0 Å². The number of carboxylic acids is 1. The first kappa shape index (κ1) is 24.8. The monoisotopic (exact) mass is 508 g/mol. The Bertz CT molecular complexity index is 1330. The van der Waals surface area contributed by atoms with Crippen molar-refractivity contribution in [2.24, 2.45) is 5.41 Å². The Morgan fingerprint density at radius 3 is 2.51 bits per heavy atom. The van der Waals surface area contributed by atoms with Gasteiger partial charge in [0, 0.05) is 41.6 Å². The van der Waals surface area contributed by atoms with Gasteiger partial charge in [0.15, 0.2) is 6.04 Å². The maximum Gasteiger partial charge on any atom is 0.412 e. The number of benzene rings is 1. The Hall–Kier alpha value is -3.27. The maximum absolute atomic E-state index is 14.3. The molecule has 0 spiro atoms. The first-order valence-electron chi connectivity index (χ1n) is 11.0. The SMILES string of the molecule is CC1(C)CCN(c2cc(=O)n3cccc([C@H](Nc4ccc(Cl)cc4C(=O)O)C(F)(F)F)c3n2)CC1. The number of rotatable bonds is 5. The van der Waals surface area contributed by atoms with Gasteiger partial charge in [-0.15, -0.1) is 0 Å². The topological polar surface area (TPSA) is 86.9 Å². The predicted molar refractivity (Wildman–Crippen MR) is 128 cm³/mol. The molecular formula is C24H24ClF3N4O3. The quantitative estimate of drug-likeness (QED) is 0.480. The second kappa shape index (κ2) is 9.07. The minimum Gasteiger partial charge on any atom is -0.478 e. The van der Waals surface area contributed by atoms with Crippen LogP contribution in [-0.2, 0) is 0 Å². The molecular weight excluding hydrogens is 485 g/mol. The predicted octanol–water partition coefficient (Wildman–Crippen LogP) is 5.39. The molecule has 11 heteroatoms. The number of pyridine rings is 1. The fraction of sp³-hybridized carbons (Fsp3) is 0.375. The summed E-state index contributed by atoms with van der Waals surface area (Å²) in [6, 6.07) is 5.09. The van der Waals surface area contributed by atoms with E-state index in [0.717, 1.165) is 23.3 Å². The zero-order valence-electron chi connectivity index (χ0n) is 19.1. The van der Waals surface area contributed by atoms with Gasteiger partial charge in [-0.2, -0.15) is 13.2 Å². The zero-order chi connectivity index (χ0) is 25.5. The van der Waals surface area contributed by atoms with Crippen molar-refractivity contribution >= 4 is 34.7 Å². The third kappa shape index (κ3) is 5.22. The number of aromatic carboxylic acids is 1. The lowest BCUT2D eigenvalue weighted by Gasteiger charge is -2.37. The van der Waals surface area contributed by atoms with Crippen LogP contribution in [0.1, 0.15) is 48.7 Å². The van der Waals surface area contributed by atoms with Crippen LogP contribution in [0.15, 0.2) is 47.4 Å². The van der Waals surface area contributed by atoms with Gasteiger partial charge in [0.05, 0.1) is 5.56 Å². The lowest BCUT2D eigenvalue weighted by Crippen LogP contribution is -2.38. The molecule has 1 aromatic carbocycles. The molecule has 0 bridgehead atoms. The van der Waals surface area contributed by atoms with Crippen molar-refractivity contribution in [3.8, 4) is 0 Å². The summed E-state index contributed by atoms with van der Waals surface area (Å²) in [5.74, 6) is -1.12. The van der Waals surface area contributed by atoms with E-state index in [-0.39, 0.29) is 27.3 Å². The number of aromatic nitrogens is 2.